The molecule has 0 aliphatic heterocycles. The monoisotopic (exact) mass is 333 g/mol. The number of nitro benzene ring substituents is 1. The van der Waals surface area contributed by atoms with Crippen LogP contribution in [0.5, 0.6) is 0 Å². The third kappa shape index (κ3) is 3.42. The van der Waals surface area contributed by atoms with Crippen LogP contribution in [0.25, 0.3) is 0 Å². The molecule has 0 radical (unpaired) electrons. The van der Waals surface area contributed by atoms with Crippen LogP contribution in [0.15, 0.2) is 24.3 Å². The van der Waals surface area contributed by atoms with Crippen molar-refractivity contribution in [1.82, 2.24) is 10.2 Å². The van der Waals surface area contributed by atoms with Crippen LogP contribution in [-0.2, 0) is 12.6 Å². The topological polar surface area (TPSA) is 88.9 Å². The van der Waals surface area contributed by atoms with E-state index in [1.807, 2.05) is 0 Å². The van der Waals surface area contributed by atoms with E-state index in [4.69, 9.17) is 11.6 Å². The van der Waals surface area contributed by atoms with Gasteiger partial charge >= 0.3 is 6.18 Å². The minimum atomic E-state index is -4.62. The van der Waals surface area contributed by atoms with Crippen molar-refractivity contribution in [3.8, 4) is 0 Å². The Morgan fingerprint density at radius 2 is 2.05 bits per heavy atom. The summed E-state index contributed by atoms with van der Waals surface area (Å²) < 4.78 is 37.2. The van der Waals surface area contributed by atoms with Crippen molar-refractivity contribution >= 4 is 23.1 Å². The first-order valence-corrected chi connectivity index (χ1v) is 6.15. The maximum absolute atomic E-state index is 12.4. The molecule has 22 heavy (non-hydrogen) atoms. The van der Waals surface area contributed by atoms with Gasteiger partial charge < -0.3 is 0 Å². The minimum absolute atomic E-state index is 0.0221. The van der Waals surface area contributed by atoms with Crippen LogP contribution in [0, 0.1) is 10.1 Å². The number of halogens is 4. The summed E-state index contributed by atoms with van der Waals surface area (Å²) in [7, 11) is 0. The standard InChI is InChI=1S/C12H7ClF3N3O3/c13-9-2-1-7(19(21)22)5-8(9)10(20)3-6-4-11(18-17-6)12(14,15)16/h1-2,4-5H,3H2,(H,17,18). The van der Waals surface area contributed by atoms with E-state index < -0.39 is 29.0 Å². The largest absolute Gasteiger partial charge is 0.435 e. The second-order valence-corrected chi connectivity index (χ2v) is 4.70. The fraction of sp³-hybridized carbons (Fsp3) is 0.167. The molecule has 0 amide bonds. The predicted octanol–water partition coefficient (Wildman–Crippen LogP) is 3.42. The Hall–Kier alpha value is -2.42. The lowest BCUT2D eigenvalue weighted by atomic mass is 10.1. The second kappa shape index (κ2) is 5.76. The Bertz CT molecular complexity index is 743. The first-order chi connectivity index (χ1) is 10.2. The van der Waals surface area contributed by atoms with E-state index in [9.17, 15) is 28.1 Å². The fourth-order valence-electron chi connectivity index (χ4n) is 1.71. The number of hydrogen-bond donors (Lipinski definition) is 1. The third-order valence-corrected chi connectivity index (χ3v) is 3.06. The first-order valence-electron chi connectivity index (χ1n) is 5.77. The molecular weight excluding hydrogens is 327 g/mol. The molecule has 2 aromatic rings. The lowest BCUT2D eigenvalue weighted by molar-refractivity contribution is -0.384. The van der Waals surface area contributed by atoms with Gasteiger partial charge in [-0.15, -0.1) is 0 Å². The molecule has 0 saturated carbocycles. The number of H-pyrrole nitrogens is 1. The van der Waals surface area contributed by atoms with Gasteiger partial charge in [-0.1, -0.05) is 11.6 Å². The summed E-state index contributed by atoms with van der Waals surface area (Å²) in [6.45, 7) is 0. The lowest BCUT2D eigenvalue weighted by Crippen LogP contribution is -2.06. The Kier molecular flexibility index (Phi) is 4.18. The van der Waals surface area contributed by atoms with E-state index in [0.29, 0.717) is 6.07 Å². The van der Waals surface area contributed by atoms with E-state index in [0.717, 1.165) is 12.1 Å². The normalized spacial score (nSPS) is 11.5. The number of aromatic nitrogens is 2. The van der Waals surface area contributed by atoms with Gasteiger partial charge in [0.1, 0.15) is 0 Å². The summed E-state index contributed by atoms with van der Waals surface area (Å²) in [5.74, 6) is -0.661. The van der Waals surface area contributed by atoms with Crippen LogP contribution >= 0.6 is 11.6 Å². The number of nitrogens with one attached hydrogen (secondary N) is 1. The molecule has 0 bridgehead atoms. The molecule has 6 nitrogen and oxygen atoms in total. The van der Waals surface area contributed by atoms with Crippen LogP contribution < -0.4 is 0 Å². The molecule has 116 valence electrons. The van der Waals surface area contributed by atoms with Crippen LogP contribution in [0.3, 0.4) is 0 Å². The SMILES string of the molecule is O=C(Cc1cc(C(F)(F)F)n[nH]1)c1cc([N+](=O)[O-])ccc1Cl. The van der Waals surface area contributed by atoms with E-state index in [-0.39, 0.29) is 22.0 Å². The number of ketones is 1. The highest BCUT2D eigenvalue weighted by Crippen LogP contribution is 2.28. The zero-order valence-electron chi connectivity index (χ0n) is 10.6. The summed E-state index contributed by atoms with van der Waals surface area (Å²) in [5, 5.41) is 15.8. The lowest BCUT2D eigenvalue weighted by Gasteiger charge is -2.02. The summed E-state index contributed by atoms with van der Waals surface area (Å²) in [4.78, 5) is 22.0. The number of aromatic amines is 1. The zero-order valence-corrected chi connectivity index (χ0v) is 11.4. The van der Waals surface area contributed by atoms with Gasteiger partial charge in [0.25, 0.3) is 5.69 Å². The van der Waals surface area contributed by atoms with Crippen LogP contribution in [0.2, 0.25) is 5.02 Å². The summed E-state index contributed by atoms with van der Waals surface area (Å²) in [6.07, 6.45) is -5.06. The molecule has 10 heteroatoms. The number of nitro groups is 1. The van der Waals surface area contributed by atoms with Crippen molar-refractivity contribution in [2.45, 2.75) is 12.6 Å². The number of non-ortho nitro benzene ring substituents is 1. The quantitative estimate of drug-likeness (QED) is 0.527. The van der Waals surface area contributed by atoms with Gasteiger partial charge in [0, 0.05) is 23.4 Å². The fourth-order valence-corrected chi connectivity index (χ4v) is 1.93. The van der Waals surface area contributed by atoms with Crippen LogP contribution in [-0.4, -0.2) is 20.9 Å². The number of hydrogen-bond acceptors (Lipinski definition) is 4. The first kappa shape index (κ1) is 16.0. The van der Waals surface area contributed by atoms with Crippen molar-refractivity contribution in [1.29, 1.82) is 0 Å². The van der Waals surface area contributed by atoms with Gasteiger partial charge in [0.15, 0.2) is 11.5 Å². The minimum Gasteiger partial charge on any atom is -0.294 e. The van der Waals surface area contributed by atoms with Crippen LogP contribution in [0.4, 0.5) is 18.9 Å². The molecule has 0 aliphatic carbocycles. The highest BCUT2D eigenvalue weighted by Gasteiger charge is 2.34. The zero-order chi connectivity index (χ0) is 16.5. The van der Waals surface area contributed by atoms with E-state index >= 15 is 0 Å². The average Bonchev–Trinajstić information content (AvgIpc) is 2.87. The van der Waals surface area contributed by atoms with Crippen LogP contribution in [0.1, 0.15) is 21.7 Å². The van der Waals surface area contributed by atoms with E-state index in [1.54, 1.807) is 0 Å². The third-order valence-electron chi connectivity index (χ3n) is 2.73. The summed E-state index contributed by atoms with van der Waals surface area (Å²) in [6, 6.07) is 3.98. The molecule has 0 saturated heterocycles. The smallest absolute Gasteiger partial charge is 0.294 e. The van der Waals surface area contributed by atoms with Crippen molar-refractivity contribution < 1.29 is 22.9 Å². The van der Waals surface area contributed by atoms with E-state index in [1.165, 1.54) is 6.07 Å². The van der Waals surface area contributed by atoms with Crippen molar-refractivity contribution in [2.75, 3.05) is 0 Å². The second-order valence-electron chi connectivity index (χ2n) is 4.30. The molecule has 2 rings (SSSR count). The molecule has 0 aliphatic rings. The van der Waals surface area contributed by atoms with Gasteiger partial charge in [-0.25, -0.2) is 0 Å². The number of Topliss-reactive ketones (excluding diaryl/α,β-unsaturated/α-hetero) is 1. The Morgan fingerprint density at radius 3 is 2.59 bits per heavy atom. The van der Waals surface area contributed by atoms with Crippen molar-refractivity contribution in [2.24, 2.45) is 0 Å². The number of alkyl halides is 3. The van der Waals surface area contributed by atoms with Gasteiger partial charge in [0.05, 0.1) is 16.4 Å². The molecule has 1 heterocycles. The predicted molar refractivity (Wildman–Crippen MR) is 69.7 cm³/mol. The Morgan fingerprint density at radius 1 is 1.36 bits per heavy atom. The molecule has 0 unspecified atom stereocenters. The summed E-state index contributed by atoms with van der Waals surface area (Å²) in [5.41, 5.74) is -1.70. The molecule has 0 atom stereocenters. The van der Waals surface area contributed by atoms with Gasteiger partial charge in [-0.3, -0.25) is 20.0 Å². The molecular formula is C12H7ClF3N3O3. The van der Waals surface area contributed by atoms with Crippen molar-refractivity contribution in [3.63, 3.8) is 0 Å². The maximum atomic E-state index is 12.4. The molecule has 0 spiro atoms. The van der Waals surface area contributed by atoms with Gasteiger partial charge in [-0.2, -0.15) is 18.3 Å². The van der Waals surface area contributed by atoms with E-state index in [2.05, 4.69) is 10.2 Å². The number of carbonyl (C=O) groups excluding carboxylic acids is 1. The molecule has 1 aromatic heterocycles. The summed E-state index contributed by atoms with van der Waals surface area (Å²) >= 11 is 5.79. The highest BCUT2D eigenvalue weighted by molar-refractivity contribution is 6.34. The maximum Gasteiger partial charge on any atom is 0.435 e. The molecule has 1 N–H and O–H groups in total. The average molecular weight is 334 g/mol. The molecule has 0 fully saturated rings. The number of rotatable bonds is 4. The Labute approximate surface area is 126 Å². The number of benzene rings is 1. The van der Waals surface area contributed by atoms with Gasteiger partial charge in [-0.05, 0) is 12.1 Å². The highest BCUT2D eigenvalue weighted by atomic mass is 35.5. The number of nitrogens with zero attached hydrogens (tertiary/aromatic N) is 2. The van der Waals surface area contributed by atoms with Gasteiger partial charge in [0.2, 0.25) is 0 Å². The number of carbonyl (C=O) groups is 1. The van der Waals surface area contributed by atoms with Crippen molar-refractivity contribution in [3.05, 3.63) is 56.4 Å². The molecule has 1 aromatic carbocycles. The Balaban J connectivity index is 2.24.